The van der Waals surface area contributed by atoms with Crippen molar-refractivity contribution >= 4 is 50.7 Å². The van der Waals surface area contributed by atoms with E-state index in [0.717, 1.165) is 11.1 Å². The number of fused-ring (bicyclic) bond motifs is 1. The van der Waals surface area contributed by atoms with Crippen LogP contribution in [-0.2, 0) is 11.2 Å². The van der Waals surface area contributed by atoms with E-state index in [-0.39, 0.29) is 5.56 Å². The topological polar surface area (TPSA) is 78.0 Å². The van der Waals surface area contributed by atoms with Crippen molar-refractivity contribution in [3.63, 3.8) is 0 Å². The van der Waals surface area contributed by atoms with Gasteiger partial charge in [0.25, 0.3) is 5.56 Å². The molecule has 0 saturated carbocycles. The summed E-state index contributed by atoms with van der Waals surface area (Å²) in [5.74, 6) is 0.00690. The van der Waals surface area contributed by atoms with Crippen molar-refractivity contribution in [1.29, 1.82) is 0 Å². The van der Waals surface area contributed by atoms with E-state index >= 15 is 0 Å². The summed E-state index contributed by atoms with van der Waals surface area (Å²) in [5.41, 5.74) is 6.75. The van der Waals surface area contributed by atoms with Crippen LogP contribution in [-0.4, -0.2) is 15.5 Å². The zero-order valence-electron chi connectivity index (χ0n) is 14.3. The molecule has 3 rings (SSSR count). The maximum absolute atomic E-state index is 13.3. The lowest BCUT2D eigenvalue weighted by atomic mass is 10.1. The van der Waals surface area contributed by atoms with Crippen molar-refractivity contribution in [2.45, 2.75) is 32.7 Å². The number of carbonyl (C=O) groups is 1. The first-order chi connectivity index (χ1) is 12.4. The molecule has 1 aromatic carbocycles. The quantitative estimate of drug-likeness (QED) is 0.676. The summed E-state index contributed by atoms with van der Waals surface area (Å²) >= 11 is 13.5. The van der Waals surface area contributed by atoms with Crippen molar-refractivity contribution in [3.8, 4) is 11.1 Å². The highest BCUT2D eigenvalue weighted by molar-refractivity contribution is 7.17. The third kappa shape index (κ3) is 3.13. The monoisotopic (exact) mass is 409 g/mol. The van der Waals surface area contributed by atoms with Crippen LogP contribution in [0.5, 0.6) is 0 Å². The molecule has 26 heavy (non-hydrogen) atoms. The van der Waals surface area contributed by atoms with Gasteiger partial charge in [-0.05, 0) is 24.1 Å². The number of aromatic nitrogens is 2. The van der Waals surface area contributed by atoms with Crippen LogP contribution in [0.15, 0.2) is 28.4 Å². The zero-order chi connectivity index (χ0) is 19.0. The average Bonchev–Trinajstić information content (AvgIpc) is 3.03. The van der Waals surface area contributed by atoms with E-state index in [0.29, 0.717) is 38.9 Å². The number of hydrogen-bond donors (Lipinski definition) is 1. The summed E-state index contributed by atoms with van der Waals surface area (Å²) in [4.78, 5) is 30.4. The van der Waals surface area contributed by atoms with Gasteiger partial charge >= 0.3 is 0 Å². The lowest BCUT2D eigenvalue weighted by Gasteiger charge is -2.18. The predicted molar refractivity (Wildman–Crippen MR) is 107 cm³/mol. The molecule has 0 aliphatic carbocycles. The van der Waals surface area contributed by atoms with Crippen LogP contribution >= 0.6 is 34.5 Å². The number of hydrogen-bond acceptors (Lipinski definition) is 4. The molecule has 136 valence electrons. The predicted octanol–water partition coefficient (Wildman–Crippen LogP) is 4.43. The van der Waals surface area contributed by atoms with Gasteiger partial charge in [0.05, 0.1) is 15.4 Å². The molecular weight excluding hydrogens is 393 g/mol. The number of aryl methyl sites for hydroxylation is 1. The summed E-state index contributed by atoms with van der Waals surface area (Å²) in [6.07, 6.45) is 0.941. The lowest BCUT2D eigenvalue weighted by molar-refractivity contribution is -0.121. The molecule has 2 N–H and O–H groups in total. The van der Waals surface area contributed by atoms with E-state index in [2.05, 4.69) is 4.98 Å². The van der Waals surface area contributed by atoms with Gasteiger partial charge < -0.3 is 5.73 Å². The number of amides is 1. The molecule has 2 heterocycles. The Bertz CT molecular complexity index is 1060. The van der Waals surface area contributed by atoms with Gasteiger partial charge in [0.15, 0.2) is 0 Å². The van der Waals surface area contributed by atoms with Crippen LogP contribution in [0.3, 0.4) is 0 Å². The molecule has 5 nitrogen and oxygen atoms in total. The van der Waals surface area contributed by atoms with E-state index in [9.17, 15) is 9.59 Å². The van der Waals surface area contributed by atoms with E-state index < -0.39 is 11.9 Å². The van der Waals surface area contributed by atoms with Crippen LogP contribution in [0.4, 0.5) is 0 Å². The van der Waals surface area contributed by atoms with E-state index in [1.165, 1.54) is 15.9 Å². The molecule has 0 fully saturated rings. The first-order valence-corrected chi connectivity index (χ1v) is 9.79. The molecule has 1 amide bonds. The van der Waals surface area contributed by atoms with E-state index in [4.69, 9.17) is 28.9 Å². The number of nitrogens with two attached hydrogens (primary N) is 1. The van der Waals surface area contributed by atoms with Crippen LogP contribution in [0.1, 0.15) is 32.1 Å². The van der Waals surface area contributed by atoms with Gasteiger partial charge in [-0.3, -0.25) is 14.2 Å². The molecule has 0 spiro atoms. The summed E-state index contributed by atoms with van der Waals surface area (Å²) in [7, 11) is 0. The molecule has 1 atom stereocenters. The van der Waals surface area contributed by atoms with E-state index in [1.54, 1.807) is 18.2 Å². The summed E-state index contributed by atoms with van der Waals surface area (Å²) in [6.45, 7) is 3.71. The Morgan fingerprint density at radius 2 is 2.04 bits per heavy atom. The van der Waals surface area contributed by atoms with E-state index in [1.807, 2.05) is 19.2 Å². The third-order valence-electron chi connectivity index (χ3n) is 4.29. The zero-order valence-corrected chi connectivity index (χ0v) is 16.6. The number of thiophene rings is 1. The highest BCUT2D eigenvalue weighted by atomic mass is 35.5. The van der Waals surface area contributed by atoms with Gasteiger partial charge in [0, 0.05) is 17.4 Å². The van der Waals surface area contributed by atoms with Gasteiger partial charge in [-0.15, -0.1) is 11.3 Å². The van der Waals surface area contributed by atoms with Gasteiger partial charge in [0.1, 0.15) is 16.7 Å². The largest absolute Gasteiger partial charge is 0.368 e. The minimum atomic E-state index is -0.726. The molecule has 1 unspecified atom stereocenters. The Labute approximate surface area is 164 Å². The number of primary amides is 1. The lowest BCUT2D eigenvalue weighted by Crippen LogP contribution is -2.36. The Morgan fingerprint density at radius 1 is 1.31 bits per heavy atom. The molecule has 3 aromatic rings. The SMILES string of the molecule is CCc1nc2scc(-c3ccc(Cl)c(Cl)c3)c2c(=O)n1C(CC)C(N)=O. The fourth-order valence-corrected chi connectivity index (χ4v) is 4.26. The average molecular weight is 410 g/mol. The summed E-state index contributed by atoms with van der Waals surface area (Å²) in [5, 5.41) is 3.18. The number of benzene rings is 1. The van der Waals surface area contributed by atoms with Crippen LogP contribution in [0.25, 0.3) is 21.3 Å². The fraction of sp³-hybridized carbons (Fsp3) is 0.278. The number of halogens is 2. The Balaban J connectivity index is 2.34. The first-order valence-electron chi connectivity index (χ1n) is 8.16. The minimum Gasteiger partial charge on any atom is -0.368 e. The number of nitrogens with zero attached hydrogens (tertiary/aromatic N) is 2. The van der Waals surface area contributed by atoms with Gasteiger partial charge in [-0.1, -0.05) is 43.1 Å². The highest BCUT2D eigenvalue weighted by Crippen LogP contribution is 2.34. The van der Waals surface area contributed by atoms with Crippen molar-refractivity contribution in [3.05, 3.63) is 49.8 Å². The molecule has 8 heteroatoms. The minimum absolute atomic E-state index is 0.264. The van der Waals surface area contributed by atoms with Crippen LogP contribution in [0, 0.1) is 0 Å². The molecule has 0 saturated heterocycles. The van der Waals surface area contributed by atoms with Crippen molar-refractivity contribution in [2.75, 3.05) is 0 Å². The smallest absolute Gasteiger partial charge is 0.263 e. The molecule has 0 radical (unpaired) electrons. The van der Waals surface area contributed by atoms with Gasteiger partial charge in [-0.25, -0.2) is 4.98 Å². The second-order valence-electron chi connectivity index (χ2n) is 5.84. The fourth-order valence-electron chi connectivity index (χ4n) is 3.00. The van der Waals surface area contributed by atoms with Gasteiger partial charge in [-0.2, -0.15) is 0 Å². The van der Waals surface area contributed by atoms with Crippen LogP contribution < -0.4 is 11.3 Å². The standard InChI is InChI=1S/C18H17Cl2N3O2S/c1-3-13(16(21)24)23-14(4-2)22-17-15(18(23)25)10(8-26-17)9-5-6-11(19)12(20)7-9/h5-8,13H,3-4H2,1-2H3,(H2,21,24). The molecule has 2 aromatic heterocycles. The third-order valence-corrected chi connectivity index (χ3v) is 5.90. The second kappa shape index (κ2) is 7.39. The Morgan fingerprint density at radius 3 is 2.62 bits per heavy atom. The summed E-state index contributed by atoms with van der Waals surface area (Å²) < 4.78 is 1.43. The maximum Gasteiger partial charge on any atom is 0.263 e. The highest BCUT2D eigenvalue weighted by Gasteiger charge is 2.24. The molecule has 0 aliphatic heterocycles. The van der Waals surface area contributed by atoms with Crippen molar-refractivity contribution < 1.29 is 4.79 Å². The van der Waals surface area contributed by atoms with Crippen molar-refractivity contribution in [1.82, 2.24) is 9.55 Å². The number of carbonyl (C=O) groups excluding carboxylic acids is 1. The summed E-state index contributed by atoms with van der Waals surface area (Å²) in [6, 6.07) is 4.48. The Hall–Kier alpha value is -1.89. The molecule has 0 aliphatic rings. The van der Waals surface area contributed by atoms with Gasteiger partial charge in [0.2, 0.25) is 5.91 Å². The normalized spacial score (nSPS) is 12.5. The first kappa shape index (κ1) is 18.9. The number of rotatable bonds is 5. The molecule has 0 bridgehead atoms. The van der Waals surface area contributed by atoms with Crippen molar-refractivity contribution in [2.24, 2.45) is 5.73 Å². The van der Waals surface area contributed by atoms with Crippen LogP contribution in [0.2, 0.25) is 10.0 Å². The maximum atomic E-state index is 13.3. The second-order valence-corrected chi connectivity index (χ2v) is 7.51. The molecular formula is C18H17Cl2N3O2S. The Kier molecular flexibility index (Phi) is 5.37.